The van der Waals surface area contributed by atoms with Crippen molar-refractivity contribution < 1.29 is 32.6 Å². The van der Waals surface area contributed by atoms with Crippen LogP contribution in [0.15, 0.2) is 48.5 Å². The van der Waals surface area contributed by atoms with Crippen LogP contribution in [0.4, 0.5) is 14.5 Å². The first kappa shape index (κ1) is 21.1. The number of benzene rings is 2. The number of carbonyl (C=O) groups excluding carboxylic acids is 2. The van der Waals surface area contributed by atoms with Gasteiger partial charge in [0.15, 0.2) is 6.61 Å². The van der Waals surface area contributed by atoms with E-state index in [4.69, 9.17) is 9.47 Å². The van der Waals surface area contributed by atoms with Crippen molar-refractivity contribution in [3.63, 3.8) is 0 Å². The standard InChI is InChI=1S/C20H21F2NO5/c1-14-4-8-16(9-5-14)26-12-2-3-19(25)27-13-18(24)23-15-6-10-17(11-7-15)28-20(21)22/h4-11,20H,2-3,12-13H2,1H3,(H,23,24). The first-order valence-corrected chi connectivity index (χ1v) is 8.62. The summed E-state index contributed by atoms with van der Waals surface area (Å²) in [7, 11) is 0. The number of aryl methyl sites for hydroxylation is 1. The van der Waals surface area contributed by atoms with Crippen LogP contribution in [0.2, 0.25) is 0 Å². The van der Waals surface area contributed by atoms with Gasteiger partial charge in [0.2, 0.25) is 0 Å². The van der Waals surface area contributed by atoms with Crippen molar-refractivity contribution in [3.8, 4) is 11.5 Å². The second-order valence-electron chi connectivity index (χ2n) is 5.88. The maximum absolute atomic E-state index is 12.1. The highest BCUT2D eigenvalue weighted by atomic mass is 19.3. The summed E-state index contributed by atoms with van der Waals surface area (Å²) in [5.41, 5.74) is 1.50. The molecule has 2 aromatic carbocycles. The maximum Gasteiger partial charge on any atom is 0.387 e. The minimum Gasteiger partial charge on any atom is -0.494 e. The van der Waals surface area contributed by atoms with Crippen molar-refractivity contribution in [2.24, 2.45) is 0 Å². The Morgan fingerprint density at radius 1 is 1.00 bits per heavy atom. The highest BCUT2D eigenvalue weighted by Gasteiger charge is 2.09. The van der Waals surface area contributed by atoms with Crippen LogP contribution >= 0.6 is 0 Å². The third-order valence-corrected chi connectivity index (χ3v) is 3.54. The summed E-state index contributed by atoms with van der Waals surface area (Å²) in [5.74, 6) is -0.342. The second-order valence-corrected chi connectivity index (χ2v) is 5.88. The van der Waals surface area contributed by atoms with Crippen LogP contribution in [0.1, 0.15) is 18.4 Å². The molecule has 0 aliphatic heterocycles. The molecule has 0 atom stereocenters. The molecule has 1 N–H and O–H groups in total. The molecule has 0 unspecified atom stereocenters. The van der Waals surface area contributed by atoms with E-state index in [1.54, 1.807) is 0 Å². The number of hydrogen-bond acceptors (Lipinski definition) is 5. The molecular weight excluding hydrogens is 372 g/mol. The number of esters is 1. The summed E-state index contributed by atoms with van der Waals surface area (Å²) in [4.78, 5) is 23.4. The molecule has 0 spiro atoms. The van der Waals surface area contributed by atoms with Crippen molar-refractivity contribution in [2.45, 2.75) is 26.4 Å². The molecule has 0 bridgehead atoms. The van der Waals surface area contributed by atoms with Gasteiger partial charge in [0.25, 0.3) is 5.91 Å². The average Bonchev–Trinajstić information content (AvgIpc) is 2.66. The molecule has 28 heavy (non-hydrogen) atoms. The van der Waals surface area contributed by atoms with Gasteiger partial charge in [-0.25, -0.2) is 0 Å². The lowest BCUT2D eigenvalue weighted by molar-refractivity contribution is -0.147. The van der Waals surface area contributed by atoms with Gasteiger partial charge in [0.1, 0.15) is 11.5 Å². The number of anilines is 1. The van der Waals surface area contributed by atoms with E-state index in [1.165, 1.54) is 24.3 Å². The molecule has 0 heterocycles. The first-order chi connectivity index (χ1) is 13.4. The molecule has 2 aromatic rings. The zero-order valence-electron chi connectivity index (χ0n) is 15.3. The van der Waals surface area contributed by atoms with E-state index in [1.807, 2.05) is 31.2 Å². The molecule has 8 heteroatoms. The summed E-state index contributed by atoms with van der Waals surface area (Å²) in [6.45, 7) is -1.01. The SMILES string of the molecule is Cc1ccc(OCCCC(=O)OCC(=O)Nc2ccc(OC(F)F)cc2)cc1. The quantitative estimate of drug-likeness (QED) is 0.489. The van der Waals surface area contributed by atoms with Gasteiger partial charge in [-0.3, -0.25) is 9.59 Å². The minimum absolute atomic E-state index is 0.0210. The Morgan fingerprint density at radius 2 is 1.64 bits per heavy atom. The van der Waals surface area contributed by atoms with Gasteiger partial charge in [0.05, 0.1) is 6.61 Å². The molecule has 0 fully saturated rings. The largest absolute Gasteiger partial charge is 0.494 e. The molecule has 2 rings (SSSR count). The fourth-order valence-corrected chi connectivity index (χ4v) is 2.18. The molecule has 1 amide bonds. The molecule has 0 aromatic heterocycles. The number of rotatable bonds is 10. The van der Waals surface area contributed by atoms with Gasteiger partial charge >= 0.3 is 12.6 Å². The van der Waals surface area contributed by atoms with E-state index in [9.17, 15) is 18.4 Å². The van der Waals surface area contributed by atoms with E-state index in [2.05, 4.69) is 10.1 Å². The minimum atomic E-state index is -2.91. The number of nitrogens with one attached hydrogen (secondary N) is 1. The van der Waals surface area contributed by atoms with Crippen LogP contribution in [-0.4, -0.2) is 31.7 Å². The Labute approximate surface area is 161 Å². The predicted octanol–water partition coefficient (Wildman–Crippen LogP) is 3.94. The van der Waals surface area contributed by atoms with Crippen molar-refractivity contribution in [1.82, 2.24) is 0 Å². The summed E-state index contributed by atoms with van der Waals surface area (Å²) < 4.78 is 38.7. The topological polar surface area (TPSA) is 73.9 Å². The van der Waals surface area contributed by atoms with Gasteiger partial charge < -0.3 is 19.5 Å². The summed E-state index contributed by atoms with van der Waals surface area (Å²) >= 11 is 0. The van der Waals surface area contributed by atoms with Crippen molar-refractivity contribution in [3.05, 3.63) is 54.1 Å². The smallest absolute Gasteiger partial charge is 0.387 e. The summed E-state index contributed by atoms with van der Waals surface area (Å²) in [6.07, 6.45) is 0.582. The van der Waals surface area contributed by atoms with Crippen LogP contribution in [0.5, 0.6) is 11.5 Å². The number of amides is 1. The fourth-order valence-electron chi connectivity index (χ4n) is 2.18. The van der Waals surface area contributed by atoms with Gasteiger partial charge in [-0.05, 0) is 49.7 Å². The Morgan fingerprint density at radius 3 is 2.29 bits per heavy atom. The second kappa shape index (κ2) is 10.9. The number of hydrogen-bond donors (Lipinski definition) is 1. The molecule has 150 valence electrons. The van der Waals surface area contributed by atoms with E-state index in [-0.39, 0.29) is 12.2 Å². The Hall–Kier alpha value is -3.16. The number of halogens is 2. The molecule has 0 aliphatic rings. The molecule has 0 aliphatic carbocycles. The highest BCUT2D eigenvalue weighted by molar-refractivity contribution is 5.92. The third-order valence-electron chi connectivity index (χ3n) is 3.54. The van der Waals surface area contributed by atoms with Gasteiger partial charge in [-0.1, -0.05) is 17.7 Å². The number of ether oxygens (including phenoxy) is 3. The lowest BCUT2D eigenvalue weighted by Crippen LogP contribution is -2.21. The summed E-state index contributed by atoms with van der Waals surface area (Å²) in [6, 6.07) is 13.0. The maximum atomic E-state index is 12.1. The van der Waals surface area contributed by atoms with Crippen molar-refractivity contribution >= 4 is 17.6 Å². The van der Waals surface area contributed by atoms with Gasteiger partial charge in [0, 0.05) is 12.1 Å². The fraction of sp³-hybridized carbons (Fsp3) is 0.300. The van der Waals surface area contributed by atoms with Crippen molar-refractivity contribution in [1.29, 1.82) is 0 Å². The normalized spacial score (nSPS) is 10.4. The van der Waals surface area contributed by atoms with Crippen LogP contribution < -0.4 is 14.8 Å². The van der Waals surface area contributed by atoms with Crippen molar-refractivity contribution in [2.75, 3.05) is 18.5 Å². The molecule has 0 saturated carbocycles. The lowest BCUT2D eigenvalue weighted by Gasteiger charge is -2.09. The monoisotopic (exact) mass is 393 g/mol. The Kier molecular flexibility index (Phi) is 8.20. The molecule has 0 saturated heterocycles. The van der Waals surface area contributed by atoms with Crippen LogP contribution in [0.25, 0.3) is 0 Å². The van der Waals surface area contributed by atoms with Gasteiger partial charge in [-0.15, -0.1) is 0 Å². The average molecular weight is 393 g/mol. The highest BCUT2D eigenvalue weighted by Crippen LogP contribution is 2.17. The number of carbonyl (C=O) groups is 2. The lowest BCUT2D eigenvalue weighted by atomic mass is 10.2. The van der Waals surface area contributed by atoms with E-state index >= 15 is 0 Å². The summed E-state index contributed by atoms with van der Waals surface area (Å²) in [5, 5.41) is 2.49. The zero-order chi connectivity index (χ0) is 20.4. The molecular formula is C20H21F2NO5. The first-order valence-electron chi connectivity index (χ1n) is 8.62. The Balaban J connectivity index is 1.61. The number of alkyl halides is 2. The van der Waals surface area contributed by atoms with E-state index < -0.39 is 25.1 Å². The molecule has 0 radical (unpaired) electrons. The third kappa shape index (κ3) is 8.03. The zero-order valence-corrected chi connectivity index (χ0v) is 15.3. The Bertz CT molecular complexity index is 763. The van der Waals surface area contributed by atoms with Crippen LogP contribution in [0, 0.1) is 6.92 Å². The van der Waals surface area contributed by atoms with Crippen LogP contribution in [0.3, 0.4) is 0 Å². The van der Waals surface area contributed by atoms with E-state index in [0.717, 1.165) is 11.3 Å². The van der Waals surface area contributed by atoms with Gasteiger partial charge in [-0.2, -0.15) is 8.78 Å². The van der Waals surface area contributed by atoms with E-state index in [0.29, 0.717) is 18.7 Å². The molecule has 6 nitrogen and oxygen atoms in total. The predicted molar refractivity (Wildman–Crippen MR) is 98.6 cm³/mol. The van der Waals surface area contributed by atoms with Crippen LogP contribution in [-0.2, 0) is 14.3 Å².